The molecule has 0 aromatic carbocycles. The van der Waals surface area contributed by atoms with E-state index in [9.17, 15) is 27.9 Å². The van der Waals surface area contributed by atoms with Gasteiger partial charge in [-0.05, 0) is 49.7 Å². The predicted molar refractivity (Wildman–Crippen MR) is 124 cm³/mol. The minimum absolute atomic E-state index is 0.00621. The minimum atomic E-state index is -3.74. The SMILES string of the molecule is CC(=O)OCC(=O)[C@@]12ON(S(C)(=O)=O)C[C@@H]1C[C@H]1[C@@H]3CCC4=CC(=O)C=C[C@]4(C)[C@H]3[C@@H](O)C[C@@]12C. The fraction of sp³-hybridized carbons (Fsp3) is 0.720. The van der Waals surface area contributed by atoms with Gasteiger partial charge in [0, 0.05) is 36.1 Å². The van der Waals surface area contributed by atoms with Gasteiger partial charge in [-0.1, -0.05) is 30.0 Å². The van der Waals surface area contributed by atoms with Crippen LogP contribution in [0.2, 0.25) is 0 Å². The molecule has 8 atom stereocenters. The second-order valence-corrected chi connectivity index (χ2v) is 13.3. The first-order valence-electron chi connectivity index (χ1n) is 12.2. The zero-order valence-electron chi connectivity index (χ0n) is 20.5. The van der Waals surface area contributed by atoms with Crippen LogP contribution in [-0.2, 0) is 34.0 Å². The van der Waals surface area contributed by atoms with Gasteiger partial charge in [-0.25, -0.2) is 8.42 Å². The maximum Gasteiger partial charge on any atom is 0.303 e. The second kappa shape index (κ2) is 7.81. The van der Waals surface area contributed by atoms with E-state index in [0.717, 1.165) is 29.1 Å². The van der Waals surface area contributed by atoms with E-state index in [4.69, 9.17) is 9.57 Å². The van der Waals surface area contributed by atoms with Crippen LogP contribution in [0.1, 0.15) is 46.5 Å². The van der Waals surface area contributed by atoms with E-state index in [1.807, 2.05) is 13.0 Å². The van der Waals surface area contributed by atoms with Crippen molar-refractivity contribution in [2.45, 2.75) is 58.2 Å². The number of aliphatic hydroxyl groups excluding tert-OH is 1. The number of Topliss-reactive ketones (excluding diaryl/α,β-unsaturated/α-hetero) is 1. The molecule has 4 fully saturated rings. The summed E-state index contributed by atoms with van der Waals surface area (Å²) in [7, 11) is -3.74. The molecule has 4 aliphatic carbocycles. The second-order valence-electron chi connectivity index (χ2n) is 11.4. The number of ether oxygens (including phenoxy) is 1. The molecule has 0 unspecified atom stereocenters. The summed E-state index contributed by atoms with van der Waals surface area (Å²) in [4.78, 5) is 43.3. The summed E-state index contributed by atoms with van der Waals surface area (Å²) in [5.41, 5.74) is -1.80. The molecule has 192 valence electrons. The average molecular weight is 508 g/mol. The molecular formula is C25H33NO8S. The molecule has 3 saturated carbocycles. The summed E-state index contributed by atoms with van der Waals surface area (Å²) in [6.07, 6.45) is 7.74. The molecule has 0 amide bonds. The Bertz CT molecular complexity index is 1160. The minimum Gasteiger partial charge on any atom is -0.458 e. The lowest BCUT2D eigenvalue weighted by Gasteiger charge is -2.59. The molecule has 35 heavy (non-hydrogen) atoms. The molecule has 0 radical (unpaired) electrons. The van der Waals surface area contributed by atoms with E-state index in [0.29, 0.717) is 6.42 Å². The van der Waals surface area contributed by atoms with E-state index in [1.54, 1.807) is 12.2 Å². The highest BCUT2D eigenvalue weighted by molar-refractivity contribution is 7.88. The number of carbonyl (C=O) groups is 3. The van der Waals surface area contributed by atoms with Crippen LogP contribution >= 0.6 is 0 Å². The molecule has 1 saturated heterocycles. The van der Waals surface area contributed by atoms with Gasteiger partial charge in [0.05, 0.1) is 12.4 Å². The van der Waals surface area contributed by atoms with Gasteiger partial charge in [0.1, 0.15) is 0 Å². The Morgan fingerprint density at radius 1 is 1.31 bits per heavy atom. The number of esters is 1. The molecule has 0 aromatic rings. The average Bonchev–Trinajstić information content (AvgIpc) is 3.26. The number of allylic oxidation sites excluding steroid dienone is 4. The highest BCUT2D eigenvalue weighted by atomic mass is 32.2. The van der Waals surface area contributed by atoms with Gasteiger partial charge in [-0.15, -0.1) is 0 Å². The van der Waals surface area contributed by atoms with Crippen LogP contribution in [0.15, 0.2) is 23.8 Å². The van der Waals surface area contributed by atoms with E-state index >= 15 is 0 Å². The quantitative estimate of drug-likeness (QED) is 0.568. The summed E-state index contributed by atoms with van der Waals surface area (Å²) < 4.78 is 30.7. The van der Waals surface area contributed by atoms with Crippen LogP contribution in [0.3, 0.4) is 0 Å². The lowest BCUT2D eigenvalue weighted by molar-refractivity contribution is -0.225. The first kappa shape index (κ1) is 24.8. The van der Waals surface area contributed by atoms with Crippen LogP contribution < -0.4 is 0 Å². The number of aliphatic hydroxyl groups is 1. The molecule has 10 heteroatoms. The Labute approximate surface area is 205 Å². The molecule has 9 nitrogen and oxygen atoms in total. The van der Waals surface area contributed by atoms with Crippen LogP contribution in [0, 0.1) is 34.5 Å². The Kier molecular flexibility index (Phi) is 5.53. The van der Waals surface area contributed by atoms with Crippen molar-refractivity contribution in [3.63, 3.8) is 0 Å². The number of hydrogen-bond donors (Lipinski definition) is 1. The van der Waals surface area contributed by atoms with Gasteiger partial charge in [-0.2, -0.15) is 0 Å². The number of hydrogen-bond acceptors (Lipinski definition) is 8. The predicted octanol–water partition coefficient (Wildman–Crippen LogP) is 1.57. The number of sulfonamides is 1. The number of hydroxylamine groups is 1. The van der Waals surface area contributed by atoms with E-state index < -0.39 is 56.8 Å². The maximum atomic E-state index is 13.7. The first-order chi connectivity index (χ1) is 16.2. The van der Waals surface area contributed by atoms with E-state index in [-0.39, 0.29) is 36.5 Å². The zero-order chi connectivity index (χ0) is 25.6. The molecular weight excluding hydrogens is 474 g/mol. The topological polar surface area (TPSA) is 127 Å². The largest absolute Gasteiger partial charge is 0.458 e. The normalized spacial score (nSPS) is 44.7. The van der Waals surface area contributed by atoms with Crippen molar-refractivity contribution < 1.29 is 37.5 Å². The van der Waals surface area contributed by atoms with Crippen molar-refractivity contribution in [1.29, 1.82) is 0 Å². The maximum absolute atomic E-state index is 13.7. The number of nitrogens with zero attached hydrogens (tertiary/aromatic N) is 1. The summed E-state index contributed by atoms with van der Waals surface area (Å²) in [6.45, 7) is 4.74. The van der Waals surface area contributed by atoms with Gasteiger partial charge < -0.3 is 9.84 Å². The monoisotopic (exact) mass is 507 g/mol. The van der Waals surface area contributed by atoms with Crippen LogP contribution in [-0.4, -0.2) is 66.6 Å². The third-order valence-electron chi connectivity index (χ3n) is 9.65. The van der Waals surface area contributed by atoms with Gasteiger partial charge in [0.15, 0.2) is 18.0 Å². The number of ketones is 2. The number of rotatable bonds is 4. The molecule has 0 aromatic heterocycles. The van der Waals surface area contributed by atoms with Crippen LogP contribution in [0.4, 0.5) is 0 Å². The Morgan fingerprint density at radius 2 is 2.03 bits per heavy atom. The molecule has 0 spiro atoms. The number of carbonyl (C=O) groups excluding carboxylic acids is 3. The molecule has 1 N–H and O–H groups in total. The summed E-state index contributed by atoms with van der Waals surface area (Å²) in [5.74, 6) is -1.61. The molecule has 1 heterocycles. The highest BCUT2D eigenvalue weighted by Crippen LogP contribution is 2.70. The first-order valence-corrected chi connectivity index (χ1v) is 14.0. The van der Waals surface area contributed by atoms with E-state index in [2.05, 4.69) is 6.92 Å². The highest BCUT2D eigenvalue weighted by Gasteiger charge is 2.76. The Morgan fingerprint density at radius 3 is 2.69 bits per heavy atom. The van der Waals surface area contributed by atoms with Crippen molar-refractivity contribution in [2.75, 3.05) is 19.4 Å². The van der Waals surface area contributed by atoms with Gasteiger partial charge in [0.2, 0.25) is 15.8 Å². The molecule has 5 rings (SSSR count). The number of fused-ring (bicyclic) bond motifs is 7. The van der Waals surface area contributed by atoms with Gasteiger partial charge in [0.25, 0.3) is 0 Å². The molecule has 1 aliphatic heterocycles. The third kappa shape index (κ3) is 3.36. The fourth-order valence-electron chi connectivity index (χ4n) is 8.31. The summed E-state index contributed by atoms with van der Waals surface area (Å²) >= 11 is 0. The van der Waals surface area contributed by atoms with Crippen LogP contribution in [0.25, 0.3) is 0 Å². The lowest BCUT2D eigenvalue weighted by atomic mass is 9.46. The smallest absolute Gasteiger partial charge is 0.303 e. The van der Waals surface area contributed by atoms with Crippen molar-refractivity contribution in [2.24, 2.45) is 34.5 Å². The van der Waals surface area contributed by atoms with Crippen LogP contribution in [0.5, 0.6) is 0 Å². The Hall–Kier alpha value is -1.88. The standard InChI is InChI=1S/C25H33NO8S/c1-14(27)33-13-21(30)25-16(12-26(34-25)35(4,31)32)10-19-18-6-5-15-9-17(28)7-8-23(15,2)22(18)20(29)11-24(19,25)3/h7-9,16,18-20,22,29H,5-6,10-13H2,1-4H3/t16-,18-,19-,20-,22+,23-,24-,25-/m0/s1. The van der Waals surface area contributed by atoms with E-state index in [1.165, 1.54) is 6.92 Å². The molecule has 0 bridgehead atoms. The van der Waals surface area contributed by atoms with Crippen molar-refractivity contribution in [3.8, 4) is 0 Å². The lowest BCUT2D eigenvalue weighted by Crippen LogP contribution is -2.63. The van der Waals surface area contributed by atoms with Crippen molar-refractivity contribution >= 4 is 27.6 Å². The summed E-state index contributed by atoms with van der Waals surface area (Å²) in [6, 6.07) is 0. The van der Waals surface area contributed by atoms with Crippen molar-refractivity contribution in [1.82, 2.24) is 4.47 Å². The van der Waals surface area contributed by atoms with Crippen molar-refractivity contribution in [3.05, 3.63) is 23.8 Å². The third-order valence-corrected chi connectivity index (χ3v) is 10.6. The Balaban J connectivity index is 1.57. The summed E-state index contributed by atoms with van der Waals surface area (Å²) in [5, 5.41) is 11.6. The van der Waals surface area contributed by atoms with Gasteiger partial charge >= 0.3 is 5.97 Å². The zero-order valence-corrected chi connectivity index (χ0v) is 21.3. The molecule has 5 aliphatic rings. The van der Waals surface area contributed by atoms with Gasteiger partial charge in [-0.3, -0.25) is 19.2 Å². The fourth-order valence-corrected chi connectivity index (χ4v) is 9.01.